The molecule has 2 rings (SSSR count). The van der Waals surface area contributed by atoms with Gasteiger partial charge in [-0.1, -0.05) is 39.0 Å². The SMILES string of the molecule is CCCC1CCC(C#N)C(SC2CCCCC2)C1. The number of hydrogen-bond donors (Lipinski definition) is 0. The first-order chi connectivity index (χ1) is 8.83. The van der Waals surface area contributed by atoms with E-state index in [2.05, 4.69) is 24.8 Å². The standard InChI is InChI=1S/C16H27NS/c1-2-6-13-9-10-14(12-17)16(11-13)18-15-7-4-3-5-8-15/h13-16H,2-11H2,1H3. The average Bonchev–Trinajstić information content (AvgIpc) is 2.41. The number of thioether (sulfide) groups is 1. The van der Waals surface area contributed by atoms with Gasteiger partial charge in [0.1, 0.15) is 0 Å². The Morgan fingerprint density at radius 2 is 1.89 bits per heavy atom. The molecular formula is C16H27NS. The fourth-order valence-corrected chi connectivity index (χ4v) is 5.50. The Morgan fingerprint density at radius 1 is 1.11 bits per heavy atom. The van der Waals surface area contributed by atoms with Gasteiger partial charge < -0.3 is 0 Å². The van der Waals surface area contributed by atoms with Gasteiger partial charge in [0.25, 0.3) is 0 Å². The Labute approximate surface area is 117 Å². The van der Waals surface area contributed by atoms with E-state index >= 15 is 0 Å². The highest BCUT2D eigenvalue weighted by Crippen LogP contribution is 2.42. The molecule has 18 heavy (non-hydrogen) atoms. The third-order valence-electron chi connectivity index (χ3n) is 4.68. The lowest BCUT2D eigenvalue weighted by Gasteiger charge is -2.35. The molecule has 0 aliphatic heterocycles. The number of nitriles is 1. The lowest BCUT2D eigenvalue weighted by atomic mass is 9.80. The van der Waals surface area contributed by atoms with E-state index in [1.807, 2.05) is 0 Å². The van der Waals surface area contributed by atoms with E-state index in [4.69, 9.17) is 0 Å². The minimum absolute atomic E-state index is 0.338. The maximum atomic E-state index is 9.34. The summed E-state index contributed by atoms with van der Waals surface area (Å²) < 4.78 is 0. The van der Waals surface area contributed by atoms with Crippen LogP contribution in [0.2, 0.25) is 0 Å². The van der Waals surface area contributed by atoms with E-state index in [0.717, 1.165) is 17.6 Å². The molecule has 0 saturated heterocycles. The first kappa shape index (κ1) is 14.3. The molecule has 0 aromatic rings. The molecule has 0 N–H and O–H groups in total. The summed E-state index contributed by atoms with van der Waals surface area (Å²) in [5.74, 6) is 1.24. The molecule has 2 fully saturated rings. The molecule has 0 aromatic carbocycles. The van der Waals surface area contributed by atoms with Crippen LogP contribution in [0.25, 0.3) is 0 Å². The summed E-state index contributed by atoms with van der Waals surface area (Å²) in [6.07, 6.45) is 13.5. The summed E-state index contributed by atoms with van der Waals surface area (Å²) >= 11 is 2.18. The van der Waals surface area contributed by atoms with Crippen LogP contribution in [0.4, 0.5) is 0 Å². The van der Waals surface area contributed by atoms with E-state index in [1.165, 1.54) is 57.8 Å². The largest absolute Gasteiger partial charge is 0.198 e. The fraction of sp³-hybridized carbons (Fsp3) is 0.938. The van der Waals surface area contributed by atoms with E-state index in [0.29, 0.717) is 11.2 Å². The molecule has 2 aliphatic carbocycles. The Hall–Kier alpha value is -0.160. The molecule has 3 unspecified atom stereocenters. The molecule has 0 amide bonds. The zero-order chi connectivity index (χ0) is 12.8. The number of rotatable bonds is 4. The molecule has 102 valence electrons. The van der Waals surface area contributed by atoms with Gasteiger partial charge in [0.15, 0.2) is 0 Å². The summed E-state index contributed by atoms with van der Waals surface area (Å²) in [6, 6.07) is 2.59. The first-order valence-electron chi connectivity index (χ1n) is 7.88. The van der Waals surface area contributed by atoms with Gasteiger partial charge >= 0.3 is 0 Å². The van der Waals surface area contributed by atoms with E-state index in [9.17, 15) is 5.26 Å². The fourth-order valence-electron chi connectivity index (χ4n) is 3.63. The summed E-state index contributed by atoms with van der Waals surface area (Å²) in [6.45, 7) is 2.29. The van der Waals surface area contributed by atoms with Crippen molar-refractivity contribution in [1.29, 1.82) is 5.26 Å². The normalized spacial score (nSPS) is 34.1. The lowest BCUT2D eigenvalue weighted by Crippen LogP contribution is -2.28. The molecule has 2 aliphatic rings. The van der Waals surface area contributed by atoms with Crippen LogP contribution in [0.5, 0.6) is 0 Å². The number of hydrogen-bond acceptors (Lipinski definition) is 2. The Bertz CT molecular complexity index is 277. The van der Waals surface area contributed by atoms with Gasteiger partial charge in [-0.25, -0.2) is 0 Å². The van der Waals surface area contributed by atoms with Crippen molar-refractivity contribution in [3.63, 3.8) is 0 Å². The maximum absolute atomic E-state index is 9.34. The Kier molecular flexibility index (Phi) is 5.89. The van der Waals surface area contributed by atoms with Crippen LogP contribution in [-0.2, 0) is 0 Å². The van der Waals surface area contributed by atoms with Gasteiger partial charge in [-0.15, -0.1) is 0 Å². The maximum Gasteiger partial charge on any atom is 0.0667 e. The van der Waals surface area contributed by atoms with E-state index in [-0.39, 0.29) is 0 Å². The van der Waals surface area contributed by atoms with Gasteiger partial charge in [0, 0.05) is 10.5 Å². The molecule has 0 heterocycles. The summed E-state index contributed by atoms with van der Waals surface area (Å²) in [4.78, 5) is 0. The first-order valence-corrected chi connectivity index (χ1v) is 8.82. The van der Waals surface area contributed by atoms with Gasteiger partial charge in [-0.2, -0.15) is 17.0 Å². The van der Waals surface area contributed by atoms with Gasteiger partial charge in [0.05, 0.1) is 12.0 Å². The second-order valence-electron chi connectivity index (χ2n) is 6.14. The zero-order valence-electron chi connectivity index (χ0n) is 11.7. The second-order valence-corrected chi connectivity index (χ2v) is 7.68. The van der Waals surface area contributed by atoms with Crippen molar-refractivity contribution in [3.05, 3.63) is 0 Å². The van der Waals surface area contributed by atoms with Crippen molar-refractivity contribution in [1.82, 2.24) is 0 Å². The molecule has 0 spiro atoms. The van der Waals surface area contributed by atoms with Gasteiger partial charge in [-0.3, -0.25) is 0 Å². The highest BCUT2D eigenvalue weighted by atomic mass is 32.2. The predicted molar refractivity (Wildman–Crippen MR) is 79.6 cm³/mol. The third-order valence-corrected chi connectivity index (χ3v) is 6.41. The van der Waals surface area contributed by atoms with Crippen LogP contribution in [0.1, 0.15) is 71.1 Å². The van der Waals surface area contributed by atoms with Crippen molar-refractivity contribution < 1.29 is 0 Å². The van der Waals surface area contributed by atoms with E-state index < -0.39 is 0 Å². The third kappa shape index (κ3) is 3.92. The van der Waals surface area contributed by atoms with Crippen molar-refractivity contribution in [3.8, 4) is 6.07 Å². The molecule has 2 saturated carbocycles. The van der Waals surface area contributed by atoms with Crippen molar-refractivity contribution in [2.75, 3.05) is 0 Å². The molecule has 3 atom stereocenters. The lowest BCUT2D eigenvalue weighted by molar-refractivity contribution is 0.306. The Morgan fingerprint density at radius 3 is 2.56 bits per heavy atom. The molecule has 0 bridgehead atoms. The summed E-state index contributed by atoms with van der Waals surface area (Å²) in [7, 11) is 0. The van der Waals surface area contributed by atoms with Crippen LogP contribution in [0.3, 0.4) is 0 Å². The minimum atomic E-state index is 0.338. The second kappa shape index (κ2) is 7.43. The quantitative estimate of drug-likeness (QED) is 0.701. The Balaban J connectivity index is 1.87. The molecule has 1 nitrogen and oxygen atoms in total. The molecule has 0 aromatic heterocycles. The van der Waals surface area contributed by atoms with Gasteiger partial charge in [0.2, 0.25) is 0 Å². The summed E-state index contributed by atoms with van der Waals surface area (Å²) in [5, 5.41) is 10.8. The predicted octanol–water partition coefficient (Wildman–Crippen LogP) is 5.16. The van der Waals surface area contributed by atoms with Crippen molar-refractivity contribution >= 4 is 11.8 Å². The zero-order valence-corrected chi connectivity index (χ0v) is 12.6. The monoisotopic (exact) mass is 265 g/mol. The van der Waals surface area contributed by atoms with Crippen LogP contribution >= 0.6 is 11.8 Å². The van der Waals surface area contributed by atoms with Crippen molar-refractivity contribution in [2.24, 2.45) is 11.8 Å². The highest BCUT2D eigenvalue weighted by Gasteiger charge is 2.32. The highest BCUT2D eigenvalue weighted by molar-refractivity contribution is 8.00. The average molecular weight is 265 g/mol. The number of nitrogens with zero attached hydrogens (tertiary/aromatic N) is 1. The van der Waals surface area contributed by atoms with E-state index in [1.54, 1.807) is 0 Å². The molecule has 0 radical (unpaired) electrons. The minimum Gasteiger partial charge on any atom is -0.198 e. The smallest absolute Gasteiger partial charge is 0.0667 e. The van der Waals surface area contributed by atoms with Crippen LogP contribution < -0.4 is 0 Å². The van der Waals surface area contributed by atoms with Crippen LogP contribution in [0, 0.1) is 23.2 Å². The topological polar surface area (TPSA) is 23.8 Å². The van der Waals surface area contributed by atoms with Crippen molar-refractivity contribution in [2.45, 2.75) is 81.6 Å². The van der Waals surface area contributed by atoms with Gasteiger partial charge in [-0.05, 0) is 38.0 Å². The molecule has 2 heteroatoms. The van der Waals surface area contributed by atoms with Crippen LogP contribution in [0.15, 0.2) is 0 Å². The van der Waals surface area contributed by atoms with Crippen LogP contribution in [-0.4, -0.2) is 10.5 Å². The molecular weight excluding hydrogens is 238 g/mol. The summed E-state index contributed by atoms with van der Waals surface area (Å²) in [5.41, 5.74) is 0.